The molecule has 22 heavy (non-hydrogen) atoms. The minimum atomic E-state index is 0.157. The number of nitrogens with zero attached hydrogens (tertiary/aromatic N) is 1. The molecule has 0 saturated carbocycles. The number of rotatable bonds is 7. The van der Waals surface area contributed by atoms with Crippen molar-refractivity contribution in [3.63, 3.8) is 0 Å². The summed E-state index contributed by atoms with van der Waals surface area (Å²) < 4.78 is 10.9. The highest BCUT2D eigenvalue weighted by molar-refractivity contribution is 5.78. The van der Waals surface area contributed by atoms with Crippen LogP contribution in [-0.4, -0.2) is 56.8 Å². The van der Waals surface area contributed by atoms with Crippen molar-refractivity contribution in [3.8, 4) is 5.75 Å². The lowest BCUT2D eigenvalue weighted by Crippen LogP contribution is -2.45. The molecule has 1 N–H and O–H groups in total. The van der Waals surface area contributed by atoms with E-state index >= 15 is 0 Å². The summed E-state index contributed by atoms with van der Waals surface area (Å²) in [6.45, 7) is 5.30. The van der Waals surface area contributed by atoms with Gasteiger partial charge < -0.3 is 19.7 Å². The highest BCUT2D eigenvalue weighted by atomic mass is 16.5. The number of amides is 1. The standard InChI is InChI=1S/C17H26N2O3/c1-14-3-5-15(6-4-14)22-16-7-10-19(11-8-16)17(20)13-18-9-12-21-2/h3-6,16,18H,7-13H2,1-2H3. The minimum absolute atomic E-state index is 0.157. The van der Waals surface area contributed by atoms with E-state index in [0.717, 1.165) is 31.7 Å². The largest absolute Gasteiger partial charge is 0.490 e. The van der Waals surface area contributed by atoms with E-state index in [2.05, 4.69) is 24.4 Å². The Kier molecular flexibility index (Phi) is 6.68. The monoisotopic (exact) mass is 306 g/mol. The summed E-state index contributed by atoms with van der Waals surface area (Å²) in [6, 6.07) is 8.12. The molecule has 5 nitrogen and oxygen atoms in total. The summed E-state index contributed by atoms with van der Waals surface area (Å²) in [7, 11) is 1.66. The number of carbonyl (C=O) groups is 1. The Balaban J connectivity index is 1.68. The number of hydrogen-bond donors (Lipinski definition) is 1. The van der Waals surface area contributed by atoms with Gasteiger partial charge in [-0.05, 0) is 19.1 Å². The average Bonchev–Trinajstić information content (AvgIpc) is 2.54. The van der Waals surface area contributed by atoms with Crippen LogP contribution in [0.3, 0.4) is 0 Å². The van der Waals surface area contributed by atoms with Crippen LogP contribution in [0.2, 0.25) is 0 Å². The smallest absolute Gasteiger partial charge is 0.236 e. The molecule has 122 valence electrons. The second-order valence-corrected chi connectivity index (χ2v) is 5.68. The number of ether oxygens (including phenoxy) is 2. The van der Waals surface area contributed by atoms with Crippen LogP contribution < -0.4 is 10.1 Å². The normalized spacial score (nSPS) is 15.8. The van der Waals surface area contributed by atoms with Crippen molar-refractivity contribution in [1.82, 2.24) is 10.2 Å². The number of benzene rings is 1. The first kappa shape index (κ1) is 16.8. The molecule has 1 aromatic rings. The number of hydrogen-bond acceptors (Lipinski definition) is 4. The molecule has 0 aromatic heterocycles. The zero-order valence-corrected chi connectivity index (χ0v) is 13.5. The summed E-state index contributed by atoms with van der Waals surface area (Å²) in [5.74, 6) is 1.07. The molecule has 1 amide bonds. The van der Waals surface area contributed by atoms with Crippen molar-refractivity contribution >= 4 is 5.91 Å². The van der Waals surface area contributed by atoms with Crippen molar-refractivity contribution in [1.29, 1.82) is 0 Å². The zero-order valence-electron chi connectivity index (χ0n) is 13.5. The molecule has 1 heterocycles. The lowest BCUT2D eigenvalue weighted by Gasteiger charge is -2.32. The van der Waals surface area contributed by atoms with Crippen LogP contribution in [0, 0.1) is 6.92 Å². The zero-order chi connectivity index (χ0) is 15.8. The lowest BCUT2D eigenvalue weighted by molar-refractivity contribution is -0.132. The lowest BCUT2D eigenvalue weighted by atomic mass is 10.1. The molecule has 1 aromatic carbocycles. The summed E-state index contributed by atoms with van der Waals surface area (Å²) in [5, 5.41) is 3.09. The highest BCUT2D eigenvalue weighted by Gasteiger charge is 2.23. The first-order chi connectivity index (χ1) is 10.7. The fourth-order valence-electron chi connectivity index (χ4n) is 2.51. The molecule has 0 atom stereocenters. The maximum absolute atomic E-state index is 12.0. The molecule has 1 aliphatic heterocycles. The second-order valence-electron chi connectivity index (χ2n) is 5.68. The third kappa shape index (κ3) is 5.31. The summed E-state index contributed by atoms with van der Waals surface area (Å²) in [5.41, 5.74) is 1.23. The van der Waals surface area contributed by atoms with Crippen LogP contribution >= 0.6 is 0 Å². The van der Waals surface area contributed by atoms with E-state index in [0.29, 0.717) is 19.7 Å². The molecule has 2 rings (SSSR count). The van der Waals surface area contributed by atoms with Gasteiger partial charge in [-0.3, -0.25) is 4.79 Å². The SMILES string of the molecule is COCCNCC(=O)N1CCC(Oc2ccc(C)cc2)CC1. The maximum Gasteiger partial charge on any atom is 0.236 e. The van der Waals surface area contributed by atoms with E-state index in [9.17, 15) is 4.79 Å². The molecule has 1 saturated heterocycles. The van der Waals surface area contributed by atoms with Gasteiger partial charge in [-0.25, -0.2) is 0 Å². The van der Waals surface area contributed by atoms with E-state index in [4.69, 9.17) is 9.47 Å². The van der Waals surface area contributed by atoms with E-state index in [1.54, 1.807) is 7.11 Å². The molecule has 1 fully saturated rings. The van der Waals surface area contributed by atoms with Gasteiger partial charge in [-0.15, -0.1) is 0 Å². The quantitative estimate of drug-likeness (QED) is 0.778. The van der Waals surface area contributed by atoms with E-state index < -0.39 is 0 Å². The summed E-state index contributed by atoms with van der Waals surface area (Å²) in [6.07, 6.45) is 1.98. The Hall–Kier alpha value is -1.59. The van der Waals surface area contributed by atoms with Gasteiger partial charge in [0.05, 0.1) is 13.2 Å². The summed E-state index contributed by atoms with van der Waals surface area (Å²) in [4.78, 5) is 14.0. The number of nitrogens with one attached hydrogen (secondary N) is 1. The molecular formula is C17H26N2O3. The van der Waals surface area contributed by atoms with Crippen LogP contribution in [0.1, 0.15) is 18.4 Å². The molecule has 0 radical (unpaired) electrons. The Morgan fingerprint density at radius 2 is 1.95 bits per heavy atom. The predicted molar refractivity (Wildman–Crippen MR) is 86.2 cm³/mol. The van der Waals surface area contributed by atoms with Gasteiger partial charge in [0.15, 0.2) is 0 Å². The first-order valence-electron chi connectivity index (χ1n) is 7.90. The van der Waals surface area contributed by atoms with E-state index in [-0.39, 0.29) is 12.0 Å². The van der Waals surface area contributed by atoms with Crippen LogP contribution in [0.25, 0.3) is 0 Å². The molecule has 0 spiro atoms. The van der Waals surface area contributed by atoms with Crippen LogP contribution in [0.4, 0.5) is 0 Å². The van der Waals surface area contributed by atoms with Gasteiger partial charge in [-0.2, -0.15) is 0 Å². The van der Waals surface area contributed by atoms with E-state index in [1.807, 2.05) is 17.0 Å². The van der Waals surface area contributed by atoms with Crippen molar-refractivity contribution in [2.75, 3.05) is 39.9 Å². The Morgan fingerprint density at radius 3 is 2.59 bits per heavy atom. The van der Waals surface area contributed by atoms with Crippen molar-refractivity contribution in [3.05, 3.63) is 29.8 Å². The predicted octanol–water partition coefficient (Wildman–Crippen LogP) is 1.60. The van der Waals surface area contributed by atoms with E-state index in [1.165, 1.54) is 5.56 Å². The Morgan fingerprint density at radius 1 is 1.27 bits per heavy atom. The molecule has 0 unspecified atom stereocenters. The molecular weight excluding hydrogens is 280 g/mol. The Bertz CT molecular complexity index is 453. The second kappa shape index (κ2) is 8.76. The topological polar surface area (TPSA) is 50.8 Å². The fraction of sp³-hybridized carbons (Fsp3) is 0.588. The van der Waals surface area contributed by atoms with Gasteiger partial charge in [-0.1, -0.05) is 17.7 Å². The third-order valence-corrected chi connectivity index (χ3v) is 3.88. The minimum Gasteiger partial charge on any atom is -0.490 e. The van der Waals surface area contributed by atoms with Crippen molar-refractivity contribution in [2.24, 2.45) is 0 Å². The third-order valence-electron chi connectivity index (χ3n) is 3.88. The molecule has 5 heteroatoms. The highest BCUT2D eigenvalue weighted by Crippen LogP contribution is 2.19. The number of methoxy groups -OCH3 is 1. The maximum atomic E-state index is 12.0. The van der Waals surface area contributed by atoms with Crippen molar-refractivity contribution < 1.29 is 14.3 Å². The molecule has 1 aliphatic rings. The van der Waals surface area contributed by atoms with Crippen LogP contribution in [0.15, 0.2) is 24.3 Å². The van der Waals surface area contributed by atoms with Gasteiger partial charge in [0.25, 0.3) is 0 Å². The fourth-order valence-corrected chi connectivity index (χ4v) is 2.51. The van der Waals surface area contributed by atoms with Crippen LogP contribution in [0.5, 0.6) is 5.75 Å². The molecule has 0 bridgehead atoms. The summed E-state index contributed by atoms with van der Waals surface area (Å²) >= 11 is 0. The number of carbonyl (C=O) groups excluding carboxylic acids is 1. The first-order valence-corrected chi connectivity index (χ1v) is 7.90. The number of piperidine rings is 1. The average molecular weight is 306 g/mol. The van der Waals surface area contributed by atoms with Crippen molar-refractivity contribution in [2.45, 2.75) is 25.9 Å². The number of likely N-dealkylation sites (tertiary alicyclic amines) is 1. The number of aryl methyl sites for hydroxylation is 1. The molecule has 0 aliphatic carbocycles. The van der Waals surface area contributed by atoms with Gasteiger partial charge in [0.1, 0.15) is 11.9 Å². The Labute approximate surface area is 132 Å². The van der Waals surface area contributed by atoms with Gasteiger partial charge in [0.2, 0.25) is 5.91 Å². The van der Waals surface area contributed by atoms with Gasteiger partial charge >= 0.3 is 0 Å². The van der Waals surface area contributed by atoms with Crippen LogP contribution in [-0.2, 0) is 9.53 Å². The van der Waals surface area contributed by atoms with Gasteiger partial charge in [0, 0.05) is 39.6 Å².